The molecule has 0 aliphatic heterocycles. The van der Waals surface area contributed by atoms with Gasteiger partial charge in [0.1, 0.15) is 5.01 Å². The number of nitro groups is 1. The molecule has 3 rings (SSSR count). The second kappa shape index (κ2) is 5.22. The van der Waals surface area contributed by atoms with Crippen LogP contribution in [0, 0.1) is 10.1 Å². The summed E-state index contributed by atoms with van der Waals surface area (Å²) < 4.78 is 0. The fourth-order valence-electron chi connectivity index (χ4n) is 1.87. The van der Waals surface area contributed by atoms with E-state index >= 15 is 0 Å². The van der Waals surface area contributed by atoms with Crippen LogP contribution >= 0.6 is 11.3 Å². The summed E-state index contributed by atoms with van der Waals surface area (Å²) in [4.78, 5) is 14.8. The maximum Gasteiger partial charge on any atom is 0.269 e. The van der Waals surface area contributed by atoms with Crippen LogP contribution in [0.2, 0.25) is 0 Å². The first-order valence-electron chi connectivity index (χ1n) is 6.00. The number of rotatable bonds is 3. The molecule has 1 aromatic heterocycles. The zero-order valence-corrected chi connectivity index (χ0v) is 11.2. The summed E-state index contributed by atoms with van der Waals surface area (Å²) in [6.07, 6.45) is 0. The van der Waals surface area contributed by atoms with Crippen molar-refractivity contribution in [1.82, 2.24) is 4.98 Å². The fourth-order valence-corrected chi connectivity index (χ4v) is 2.71. The lowest BCUT2D eigenvalue weighted by Gasteiger charge is -1.97. The van der Waals surface area contributed by atoms with Crippen LogP contribution < -0.4 is 0 Å². The average Bonchev–Trinajstić information content (AvgIpc) is 2.98. The Morgan fingerprint density at radius 1 is 0.950 bits per heavy atom. The van der Waals surface area contributed by atoms with Crippen LogP contribution in [0.3, 0.4) is 0 Å². The Kier molecular flexibility index (Phi) is 3.26. The van der Waals surface area contributed by atoms with E-state index in [1.165, 1.54) is 12.1 Å². The SMILES string of the molecule is O=[N+]([O-])c1ccc(-c2csc(-c3ccccc3)n2)cc1. The van der Waals surface area contributed by atoms with E-state index in [2.05, 4.69) is 4.98 Å². The lowest BCUT2D eigenvalue weighted by molar-refractivity contribution is -0.384. The van der Waals surface area contributed by atoms with E-state index in [1.807, 2.05) is 35.7 Å². The minimum Gasteiger partial charge on any atom is -0.258 e. The zero-order chi connectivity index (χ0) is 13.9. The van der Waals surface area contributed by atoms with E-state index in [9.17, 15) is 10.1 Å². The number of benzene rings is 2. The van der Waals surface area contributed by atoms with Crippen LogP contribution in [0.1, 0.15) is 0 Å². The lowest BCUT2D eigenvalue weighted by atomic mass is 10.1. The Labute approximate surface area is 119 Å². The van der Waals surface area contributed by atoms with E-state index < -0.39 is 4.92 Å². The Morgan fingerprint density at radius 2 is 1.65 bits per heavy atom. The van der Waals surface area contributed by atoms with Crippen LogP contribution in [0.4, 0.5) is 5.69 Å². The Bertz CT molecular complexity index is 736. The Hall–Kier alpha value is -2.53. The Morgan fingerprint density at radius 3 is 2.30 bits per heavy atom. The molecule has 0 aliphatic carbocycles. The smallest absolute Gasteiger partial charge is 0.258 e. The van der Waals surface area contributed by atoms with E-state index in [4.69, 9.17) is 0 Å². The van der Waals surface area contributed by atoms with Crippen molar-refractivity contribution in [3.05, 3.63) is 70.1 Å². The van der Waals surface area contributed by atoms with E-state index in [1.54, 1.807) is 23.5 Å². The number of nitrogens with zero attached hydrogens (tertiary/aromatic N) is 2. The number of non-ortho nitro benzene ring substituents is 1. The van der Waals surface area contributed by atoms with Gasteiger partial charge in [-0.3, -0.25) is 10.1 Å². The summed E-state index contributed by atoms with van der Waals surface area (Å²) in [6, 6.07) is 16.4. The van der Waals surface area contributed by atoms with Crippen LogP contribution in [-0.2, 0) is 0 Å². The van der Waals surface area contributed by atoms with Gasteiger partial charge < -0.3 is 0 Å². The van der Waals surface area contributed by atoms with Crippen molar-refractivity contribution in [1.29, 1.82) is 0 Å². The highest BCUT2D eigenvalue weighted by Gasteiger charge is 2.08. The number of aromatic nitrogens is 1. The number of nitro benzene ring substituents is 1. The van der Waals surface area contributed by atoms with Gasteiger partial charge in [-0.2, -0.15) is 0 Å². The molecule has 3 aromatic rings. The third-order valence-corrected chi connectivity index (χ3v) is 3.79. The first-order valence-corrected chi connectivity index (χ1v) is 6.88. The molecule has 0 spiro atoms. The summed E-state index contributed by atoms with van der Waals surface area (Å²) in [5.74, 6) is 0. The van der Waals surface area contributed by atoms with Gasteiger partial charge in [0.15, 0.2) is 0 Å². The highest BCUT2D eigenvalue weighted by molar-refractivity contribution is 7.13. The first-order chi connectivity index (χ1) is 9.74. The summed E-state index contributed by atoms with van der Waals surface area (Å²) in [6.45, 7) is 0. The molecule has 98 valence electrons. The van der Waals surface area contributed by atoms with Crippen molar-refractivity contribution in [2.45, 2.75) is 0 Å². The summed E-state index contributed by atoms with van der Waals surface area (Å²) in [5, 5.41) is 13.5. The molecule has 0 aliphatic rings. The molecule has 0 atom stereocenters. The normalized spacial score (nSPS) is 10.4. The third-order valence-electron chi connectivity index (χ3n) is 2.90. The number of thiazole rings is 1. The molecule has 5 heteroatoms. The van der Waals surface area contributed by atoms with Gasteiger partial charge in [-0.1, -0.05) is 30.3 Å². The third kappa shape index (κ3) is 2.44. The van der Waals surface area contributed by atoms with Crippen molar-refractivity contribution in [3.8, 4) is 21.8 Å². The quantitative estimate of drug-likeness (QED) is 0.529. The summed E-state index contributed by atoms with van der Waals surface area (Å²) in [5.41, 5.74) is 2.88. The maximum atomic E-state index is 10.6. The topological polar surface area (TPSA) is 56.0 Å². The second-order valence-electron chi connectivity index (χ2n) is 4.21. The number of hydrogen-bond donors (Lipinski definition) is 0. The number of hydrogen-bond acceptors (Lipinski definition) is 4. The predicted octanol–water partition coefficient (Wildman–Crippen LogP) is 4.39. The standard InChI is InChI=1S/C15H10N2O2S/c18-17(19)13-8-6-11(7-9-13)14-10-20-15(16-14)12-4-2-1-3-5-12/h1-10H. The highest BCUT2D eigenvalue weighted by Crippen LogP contribution is 2.29. The molecule has 4 nitrogen and oxygen atoms in total. The highest BCUT2D eigenvalue weighted by atomic mass is 32.1. The molecule has 20 heavy (non-hydrogen) atoms. The van der Waals surface area contributed by atoms with Crippen LogP contribution in [0.5, 0.6) is 0 Å². The largest absolute Gasteiger partial charge is 0.269 e. The first kappa shape index (κ1) is 12.5. The van der Waals surface area contributed by atoms with Crippen molar-refractivity contribution in [2.75, 3.05) is 0 Å². The van der Waals surface area contributed by atoms with Gasteiger partial charge in [-0.15, -0.1) is 11.3 Å². The second-order valence-corrected chi connectivity index (χ2v) is 5.07. The van der Waals surface area contributed by atoms with Crippen LogP contribution in [-0.4, -0.2) is 9.91 Å². The predicted molar refractivity (Wildman–Crippen MR) is 79.6 cm³/mol. The zero-order valence-electron chi connectivity index (χ0n) is 10.4. The average molecular weight is 282 g/mol. The lowest BCUT2D eigenvalue weighted by Crippen LogP contribution is -1.87. The molecule has 0 fully saturated rings. The minimum absolute atomic E-state index is 0.0901. The Balaban J connectivity index is 1.92. The van der Waals surface area contributed by atoms with Gasteiger partial charge in [0.2, 0.25) is 0 Å². The van der Waals surface area contributed by atoms with E-state index in [-0.39, 0.29) is 5.69 Å². The van der Waals surface area contributed by atoms with Crippen LogP contribution in [0.15, 0.2) is 60.0 Å². The van der Waals surface area contributed by atoms with Crippen molar-refractivity contribution in [3.63, 3.8) is 0 Å². The fraction of sp³-hybridized carbons (Fsp3) is 0. The minimum atomic E-state index is -0.403. The molecular formula is C15H10N2O2S. The van der Waals surface area contributed by atoms with Gasteiger partial charge in [-0.25, -0.2) is 4.98 Å². The molecular weight excluding hydrogens is 272 g/mol. The molecule has 2 aromatic carbocycles. The molecule has 0 saturated heterocycles. The molecule has 0 unspecified atom stereocenters. The van der Waals surface area contributed by atoms with E-state index in [0.29, 0.717) is 0 Å². The maximum absolute atomic E-state index is 10.6. The van der Waals surface area contributed by atoms with Gasteiger partial charge in [0.05, 0.1) is 10.6 Å². The monoisotopic (exact) mass is 282 g/mol. The van der Waals surface area contributed by atoms with Gasteiger partial charge >= 0.3 is 0 Å². The molecule has 0 saturated carbocycles. The molecule has 0 amide bonds. The van der Waals surface area contributed by atoms with Crippen molar-refractivity contribution < 1.29 is 4.92 Å². The summed E-state index contributed by atoms with van der Waals surface area (Å²) >= 11 is 1.56. The van der Waals surface area contributed by atoms with Gasteiger partial charge in [0, 0.05) is 28.6 Å². The van der Waals surface area contributed by atoms with Gasteiger partial charge in [-0.05, 0) is 12.1 Å². The van der Waals surface area contributed by atoms with Crippen molar-refractivity contribution in [2.24, 2.45) is 0 Å². The molecule has 0 radical (unpaired) electrons. The van der Waals surface area contributed by atoms with Crippen LogP contribution in [0.25, 0.3) is 21.8 Å². The van der Waals surface area contributed by atoms with E-state index in [0.717, 1.165) is 21.8 Å². The molecule has 1 heterocycles. The summed E-state index contributed by atoms with van der Waals surface area (Å²) in [7, 11) is 0. The van der Waals surface area contributed by atoms with Gasteiger partial charge in [0.25, 0.3) is 5.69 Å². The van der Waals surface area contributed by atoms with Crippen molar-refractivity contribution >= 4 is 17.0 Å². The molecule has 0 bridgehead atoms. The molecule has 0 N–H and O–H groups in total.